The summed E-state index contributed by atoms with van der Waals surface area (Å²) < 4.78 is 10.8. The Hall–Kier alpha value is -0.490. The average molecular weight is 244 g/mol. The lowest BCUT2D eigenvalue weighted by Gasteiger charge is -2.22. The molecule has 0 aromatic carbocycles. The van der Waals surface area contributed by atoms with Crippen LogP contribution < -0.4 is 5.73 Å². The number of aromatic nitrogens is 1. The van der Waals surface area contributed by atoms with Gasteiger partial charge in [0.25, 0.3) is 0 Å². The van der Waals surface area contributed by atoms with Gasteiger partial charge in [0.2, 0.25) is 0 Å². The summed E-state index contributed by atoms with van der Waals surface area (Å²) in [6.45, 7) is 5.82. The van der Waals surface area contributed by atoms with E-state index in [1.165, 1.54) is 0 Å². The molecule has 0 fully saturated rings. The molecule has 0 aliphatic rings. The SMILES string of the molecule is COC(C)(C)CCOCc1csc(CN)n1. The molecule has 0 saturated carbocycles. The van der Waals surface area contributed by atoms with Gasteiger partial charge in [-0.15, -0.1) is 11.3 Å². The smallest absolute Gasteiger partial charge is 0.107 e. The first-order chi connectivity index (χ1) is 7.57. The number of nitrogens with two attached hydrogens (primary N) is 1. The van der Waals surface area contributed by atoms with E-state index in [9.17, 15) is 0 Å². The third-order valence-electron chi connectivity index (χ3n) is 2.42. The summed E-state index contributed by atoms with van der Waals surface area (Å²) >= 11 is 1.58. The molecule has 16 heavy (non-hydrogen) atoms. The van der Waals surface area contributed by atoms with E-state index < -0.39 is 0 Å². The van der Waals surface area contributed by atoms with Crippen LogP contribution in [0, 0.1) is 0 Å². The summed E-state index contributed by atoms with van der Waals surface area (Å²) in [5.41, 5.74) is 6.32. The fourth-order valence-corrected chi connectivity index (χ4v) is 1.76. The van der Waals surface area contributed by atoms with E-state index in [0.717, 1.165) is 17.1 Å². The zero-order chi connectivity index (χ0) is 12.0. The largest absolute Gasteiger partial charge is 0.379 e. The summed E-state index contributed by atoms with van der Waals surface area (Å²) in [5.74, 6) is 0. The molecule has 2 N–H and O–H groups in total. The standard InChI is InChI=1S/C11H20N2O2S/c1-11(2,14-3)4-5-15-7-9-8-16-10(6-12)13-9/h8H,4-7,12H2,1-3H3. The first-order valence-corrected chi connectivity index (χ1v) is 6.21. The minimum Gasteiger partial charge on any atom is -0.379 e. The van der Waals surface area contributed by atoms with Gasteiger partial charge in [-0.25, -0.2) is 4.98 Å². The van der Waals surface area contributed by atoms with Gasteiger partial charge < -0.3 is 15.2 Å². The van der Waals surface area contributed by atoms with Gasteiger partial charge in [0.1, 0.15) is 5.01 Å². The quantitative estimate of drug-likeness (QED) is 0.745. The van der Waals surface area contributed by atoms with Crippen molar-refractivity contribution in [3.63, 3.8) is 0 Å². The monoisotopic (exact) mass is 244 g/mol. The third-order valence-corrected chi connectivity index (χ3v) is 3.34. The van der Waals surface area contributed by atoms with Gasteiger partial charge in [0.15, 0.2) is 0 Å². The molecule has 92 valence electrons. The maximum atomic E-state index is 5.54. The van der Waals surface area contributed by atoms with Gasteiger partial charge >= 0.3 is 0 Å². The van der Waals surface area contributed by atoms with E-state index in [4.69, 9.17) is 15.2 Å². The number of methoxy groups -OCH3 is 1. The van der Waals surface area contributed by atoms with Crippen LogP contribution >= 0.6 is 11.3 Å². The molecule has 0 saturated heterocycles. The van der Waals surface area contributed by atoms with Crippen LogP contribution in [0.5, 0.6) is 0 Å². The van der Waals surface area contributed by atoms with Crippen molar-refractivity contribution in [1.82, 2.24) is 4.98 Å². The van der Waals surface area contributed by atoms with Crippen molar-refractivity contribution in [2.24, 2.45) is 5.73 Å². The molecule has 1 aromatic rings. The maximum absolute atomic E-state index is 5.54. The summed E-state index contributed by atoms with van der Waals surface area (Å²) in [6, 6.07) is 0. The predicted octanol–water partition coefficient (Wildman–Crippen LogP) is 1.93. The highest BCUT2D eigenvalue weighted by Gasteiger charge is 2.15. The van der Waals surface area contributed by atoms with Crippen LogP contribution in [0.15, 0.2) is 5.38 Å². The van der Waals surface area contributed by atoms with E-state index >= 15 is 0 Å². The second kappa shape index (κ2) is 6.30. The summed E-state index contributed by atoms with van der Waals surface area (Å²) in [7, 11) is 1.72. The van der Waals surface area contributed by atoms with E-state index in [-0.39, 0.29) is 5.60 Å². The number of hydrogen-bond acceptors (Lipinski definition) is 5. The van der Waals surface area contributed by atoms with Crippen molar-refractivity contribution in [1.29, 1.82) is 0 Å². The molecule has 0 aliphatic heterocycles. The van der Waals surface area contributed by atoms with Crippen LogP contribution in [0.3, 0.4) is 0 Å². The van der Waals surface area contributed by atoms with Gasteiger partial charge in [-0.2, -0.15) is 0 Å². The van der Waals surface area contributed by atoms with Crippen LogP contribution in [-0.4, -0.2) is 24.3 Å². The lowest BCUT2D eigenvalue weighted by molar-refractivity contribution is -0.0127. The molecule has 1 rings (SSSR count). The molecule has 0 spiro atoms. The fourth-order valence-electron chi connectivity index (χ4n) is 1.11. The summed E-state index contributed by atoms with van der Waals surface area (Å²) in [5, 5.41) is 2.94. The lowest BCUT2D eigenvalue weighted by atomic mass is 10.1. The normalized spacial score (nSPS) is 12.0. The Labute approximate surface area is 101 Å². The number of nitrogens with zero attached hydrogens (tertiary/aromatic N) is 1. The second-order valence-electron chi connectivity index (χ2n) is 4.20. The molecule has 0 radical (unpaired) electrons. The topological polar surface area (TPSA) is 57.4 Å². The lowest BCUT2D eigenvalue weighted by Crippen LogP contribution is -2.24. The van der Waals surface area contributed by atoms with Gasteiger partial charge in [0.05, 0.1) is 17.9 Å². The molecule has 0 amide bonds. The molecule has 0 atom stereocenters. The van der Waals surface area contributed by atoms with Crippen LogP contribution in [0.2, 0.25) is 0 Å². The van der Waals surface area contributed by atoms with Crippen LogP contribution in [0.1, 0.15) is 31.0 Å². The Morgan fingerprint density at radius 2 is 2.25 bits per heavy atom. The Morgan fingerprint density at radius 1 is 1.50 bits per heavy atom. The minimum absolute atomic E-state index is 0.121. The highest BCUT2D eigenvalue weighted by molar-refractivity contribution is 7.09. The van der Waals surface area contributed by atoms with Crippen LogP contribution in [0.25, 0.3) is 0 Å². The molecular weight excluding hydrogens is 224 g/mol. The van der Waals surface area contributed by atoms with Gasteiger partial charge in [0, 0.05) is 25.6 Å². The molecular formula is C11H20N2O2S. The molecule has 5 heteroatoms. The van der Waals surface area contributed by atoms with Crippen molar-refractivity contribution in [3.05, 3.63) is 16.1 Å². The predicted molar refractivity (Wildman–Crippen MR) is 65.4 cm³/mol. The van der Waals surface area contributed by atoms with Crippen LogP contribution in [0.4, 0.5) is 0 Å². The molecule has 0 aliphatic carbocycles. The van der Waals surface area contributed by atoms with E-state index in [0.29, 0.717) is 19.8 Å². The Balaban J connectivity index is 2.20. The van der Waals surface area contributed by atoms with Gasteiger partial charge in [-0.05, 0) is 20.3 Å². The number of rotatable bonds is 7. The van der Waals surface area contributed by atoms with Crippen molar-refractivity contribution < 1.29 is 9.47 Å². The highest BCUT2D eigenvalue weighted by Crippen LogP contribution is 2.14. The fraction of sp³-hybridized carbons (Fsp3) is 0.727. The number of thiazole rings is 1. The number of ether oxygens (including phenoxy) is 2. The van der Waals surface area contributed by atoms with Crippen LogP contribution in [-0.2, 0) is 22.6 Å². The molecule has 1 heterocycles. The zero-order valence-corrected chi connectivity index (χ0v) is 11.0. The van der Waals surface area contributed by atoms with Gasteiger partial charge in [-0.3, -0.25) is 0 Å². The molecule has 0 unspecified atom stereocenters. The first-order valence-electron chi connectivity index (χ1n) is 5.33. The van der Waals surface area contributed by atoms with Crippen molar-refractivity contribution in [3.8, 4) is 0 Å². The Bertz CT molecular complexity index is 313. The zero-order valence-electron chi connectivity index (χ0n) is 10.2. The van der Waals surface area contributed by atoms with Crippen molar-refractivity contribution in [2.45, 2.75) is 39.0 Å². The maximum Gasteiger partial charge on any atom is 0.107 e. The van der Waals surface area contributed by atoms with Gasteiger partial charge in [-0.1, -0.05) is 0 Å². The summed E-state index contributed by atoms with van der Waals surface area (Å²) in [6.07, 6.45) is 0.872. The number of hydrogen-bond donors (Lipinski definition) is 1. The highest BCUT2D eigenvalue weighted by atomic mass is 32.1. The van der Waals surface area contributed by atoms with E-state index in [1.807, 2.05) is 19.2 Å². The van der Waals surface area contributed by atoms with E-state index in [1.54, 1.807) is 18.4 Å². The average Bonchev–Trinajstić information content (AvgIpc) is 2.72. The molecule has 1 aromatic heterocycles. The Kier molecular flexibility index (Phi) is 5.34. The molecule has 4 nitrogen and oxygen atoms in total. The second-order valence-corrected chi connectivity index (χ2v) is 5.15. The minimum atomic E-state index is -0.121. The third kappa shape index (κ3) is 4.57. The molecule has 0 bridgehead atoms. The van der Waals surface area contributed by atoms with Crippen molar-refractivity contribution in [2.75, 3.05) is 13.7 Å². The van der Waals surface area contributed by atoms with Crippen molar-refractivity contribution >= 4 is 11.3 Å². The van der Waals surface area contributed by atoms with E-state index in [2.05, 4.69) is 4.98 Å². The summed E-state index contributed by atoms with van der Waals surface area (Å²) in [4.78, 5) is 4.32. The first kappa shape index (κ1) is 13.6. The Morgan fingerprint density at radius 3 is 2.81 bits per heavy atom.